The molecule has 0 spiro atoms. The number of nitrogens with two attached hydrogens (primary N) is 1. The largest absolute Gasteiger partial charge is 0.374 e. The van der Waals surface area contributed by atoms with E-state index in [0.717, 1.165) is 35.9 Å². The van der Waals surface area contributed by atoms with Gasteiger partial charge in [-0.05, 0) is 37.0 Å². The van der Waals surface area contributed by atoms with Crippen LogP contribution in [0.5, 0.6) is 0 Å². The van der Waals surface area contributed by atoms with Gasteiger partial charge in [0.15, 0.2) is 0 Å². The SMILES string of the molecule is C=CC(=O)N1CCCC(c2ccc(C(N)O)c3[nH]cc(C)c23)C1. The van der Waals surface area contributed by atoms with Gasteiger partial charge in [-0.1, -0.05) is 18.7 Å². The predicted octanol–water partition coefficient (Wildman–Crippen LogP) is 2.32. The standard InChI is InChI=1S/C18H23N3O2/c1-3-15(22)21-8-4-5-12(10-21)13-6-7-14(18(19)23)17-16(13)11(2)9-20-17/h3,6-7,9,12,18,20,23H,1,4-5,8,10,19H2,2H3. The number of hydrogen-bond acceptors (Lipinski definition) is 3. The smallest absolute Gasteiger partial charge is 0.245 e. The van der Waals surface area contributed by atoms with E-state index in [1.54, 1.807) is 0 Å². The van der Waals surface area contributed by atoms with Crippen molar-refractivity contribution in [1.82, 2.24) is 9.88 Å². The molecule has 2 atom stereocenters. The maximum atomic E-state index is 11.9. The van der Waals surface area contributed by atoms with Gasteiger partial charge in [-0.25, -0.2) is 0 Å². The molecule has 5 heteroatoms. The minimum Gasteiger partial charge on any atom is -0.374 e. The van der Waals surface area contributed by atoms with E-state index in [1.165, 1.54) is 11.6 Å². The molecule has 5 nitrogen and oxygen atoms in total. The second-order valence-electron chi connectivity index (χ2n) is 6.24. The van der Waals surface area contributed by atoms with E-state index in [4.69, 9.17) is 5.73 Å². The van der Waals surface area contributed by atoms with Crippen LogP contribution in [0.25, 0.3) is 10.9 Å². The molecule has 2 aromatic rings. The maximum absolute atomic E-state index is 11.9. The van der Waals surface area contributed by atoms with Crippen LogP contribution in [-0.2, 0) is 4.79 Å². The molecule has 122 valence electrons. The zero-order valence-electron chi connectivity index (χ0n) is 13.4. The molecule has 2 unspecified atom stereocenters. The number of nitrogens with zero attached hydrogens (tertiary/aromatic N) is 1. The summed E-state index contributed by atoms with van der Waals surface area (Å²) in [4.78, 5) is 17.0. The number of aliphatic hydroxyl groups is 1. The fourth-order valence-electron chi connectivity index (χ4n) is 3.61. The third-order valence-corrected chi connectivity index (χ3v) is 4.76. The number of hydrogen-bond donors (Lipinski definition) is 3. The Morgan fingerprint density at radius 2 is 2.35 bits per heavy atom. The van der Waals surface area contributed by atoms with Crippen LogP contribution >= 0.6 is 0 Å². The van der Waals surface area contributed by atoms with Crippen LogP contribution in [0.15, 0.2) is 31.0 Å². The highest BCUT2D eigenvalue weighted by Gasteiger charge is 2.26. The number of rotatable bonds is 3. The number of aryl methyl sites for hydroxylation is 1. The number of nitrogens with one attached hydrogen (secondary N) is 1. The second kappa shape index (κ2) is 6.18. The first kappa shape index (κ1) is 15.8. The van der Waals surface area contributed by atoms with Crippen LogP contribution in [0.2, 0.25) is 0 Å². The van der Waals surface area contributed by atoms with E-state index in [9.17, 15) is 9.90 Å². The quantitative estimate of drug-likeness (QED) is 0.601. The number of likely N-dealkylation sites (tertiary alicyclic amines) is 1. The summed E-state index contributed by atoms with van der Waals surface area (Å²) in [5, 5.41) is 10.9. The lowest BCUT2D eigenvalue weighted by Gasteiger charge is -2.33. The average Bonchev–Trinajstić information content (AvgIpc) is 2.95. The summed E-state index contributed by atoms with van der Waals surface area (Å²) < 4.78 is 0. The Labute approximate surface area is 135 Å². The van der Waals surface area contributed by atoms with Crippen molar-refractivity contribution in [2.24, 2.45) is 5.73 Å². The van der Waals surface area contributed by atoms with Gasteiger partial charge in [-0.3, -0.25) is 4.79 Å². The average molecular weight is 313 g/mol. The van der Waals surface area contributed by atoms with Gasteiger partial charge in [-0.2, -0.15) is 0 Å². The predicted molar refractivity (Wildman–Crippen MR) is 90.9 cm³/mol. The fourth-order valence-corrected chi connectivity index (χ4v) is 3.61. The van der Waals surface area contributed by atoms with Crippen molar-refractivity contribution in [3.05, 3.63) is 47.7 Å². The summed E-state index contributed by atoms with van der Waals surface area (Å²) in [6, 6.07) is 3.92. The number of piperidine rings is 1. The van der Waals surface area contributed by atoms with Gasteiger partial charge in [-0.15, -0.1) is 0 Å². The first-order valence-electron chi connectivity index (χ1n) is 7.98. The molecule has 3 rings (SSSR count). The summed E-state index contributed by atoms with van der Waals surface area (Å²) in [5.74, 6) is 0.277. The zero-order chi connectivity index (χ0) is 16.6. The Bertz CT molecular complexity index is 748. The lowest BCUT2D eigenvalue weighted by atomic mass is 9.86. The van der Waals surface area contributed by atoms with Crippen LogP contribution in [0.4, 0.5) is 0 Å². The molecule has 1 fully saturated rings. The number of amides is 1. The molecule has 4 N–H and O–H groups in total. The summed E-state index contributed by atoms with van der Waals surface area (Å²) >= 11 is 0. The molecule has 1 aliphatic heterocycles. The summed E-state index contributed by atoms with van der Waals surface area (Å²) in [6.07, 6.45) is 4.35. The lowest BCUT2D eigenvalue weighted by Crippen LogP contribution is -2.38. The normalized spacial score (nSPS) is 19.8. The minimum atomic E-state index is -1.00. The number of H-pyrrole nitrogens is 1. The van der Waals surface area contributed by atoms with Crippen molar-refractivity contribution in [1.29, 1.82) is 0 Å². The van der Waals surface area contributed by atoms with E-state index in [0.29, 0.717) is 12.1 Å². The van der Waals surface area contributed by atoms with Gasteiger partial charge in [0.25, 0.3) is 0 Å². The van der Waals surface area contributed by atoms with E-state index in [1.807, 2.05) is 30.2 Å². The van der Waals surface area contributed by atoms with Crippen LogP contribution < -0.4 is 5.73 Å². The van der Waals surface area contributed by atoms with Crippen LogP contribution in [0, 0.1) is 6.92 Å². The first-order valence-corrected chi connectivity index (χ1v) is 7.98. The number of aromatic nitrogens is 1. The van der Waals surface area contributed by atoms with E-state index in [2.05, 4.69) is 11.6 Å². The summed E-state index contributed by atoms with van der Waals surface area (Å²) in [7, 11) is 0. The second-order valence-corrected chi connectivity index (χ2v) is 6.24. The Kier molecular flexibility index (Phi) is 4.24. The monoisotopic (exact) mass is 313 g/mol. The number of aliphatic hydroxyl groups excluding tert-OH is 1. The van der Waals surface area contributed by atoms with Gasteiger partial charge < -0.3 is 20.7 Å². The number of aromatic amines is 1. The molecule has 1 saturated heterocycles. The van der Waals surface area contributed by atoms with E-state index < -0.39 is 6.23 Å². The van der Waals surface area contributed by atoms with Gasteiger partial charge >= 0.3 is 0 Å². The van der Waals surface area contributed by atoms with Crippen LogP contribution in [0.1, 0.15) is 41.7 Å². The molecule has 0 aliphatic carbocycles. The summed E-state index contributed by atoms with van der Waals surface area (Å²) in [6.45, 7) is 7.12. The van der Waals surface area contributed by atoms with Crippen LogP contribution in [0.3, 0.4) is 0 Å². The molecule has 1 aromatic heterocycles. The molecule has 1 aliphatic rings. The molecule has 1 aromatic carbocycles. The van der Waals surface area contributed by atoms with Crippen molar-refractivity contribution in [3.8, 4) is 0 Å². The molecule has 0 bridgehead atoms. The van der Waals surface area contributed by atoms with Gasteiger partial charge in [0.2, 0.25) is 5.91 Å². The Morgan fingerprint density at radius 1 is 1.57 bits per heavy atom. The van der Waals surface area contributed by atoms with Gasteiger partial charge in [0, 0.05) is 36.2 Å². The highest BCUT2D eigenvalue weighted by atomic mass is 16.3. The Morgan fingerprint density at radius 3 is 3.04 bits per heavy atom. The first-order chi connectivity index (χ1) is 11.0. The van der Waals surface area contributed by atoms with Crippen molar-refractivity contribution in [2.45, 2.75) is 31.9 Å². The van der Waals surface area contributed by atoms with Crippen molar-refractivity contribution < 1.29 is 9.90 Å². The lowest BCUT2D eigenvalue weighted by molar-refractivity contribution is -0.127. The van der Waals surface area contributed by atoms with Crippen molar-refractivity contribution >= 4 is 16.8 Å². The fraction of sp³-hybridized carbons (Fsp3) is 0.389. The third kappa shape index (κ3) is 2.78. The molecule has 2 heterocycles. The number of benzene rings is 1. The number of carbonyl (C=O) groups excluding carboxylic acids is 1. The molecular formula is C18H23N3O2. The molecule has 0 radical (unpaired) electrons. The van der Waals surface area contributed by atoms with E-state index >= 15 is 0 Å². The minimum absolute atomic E-state index is 0.00858. The highest BCUT2D eigenvalue weighted by Crippen LogP contribution is 2.36. The molecule has 0 saturated carbocycles. The van der Waals surface area contributed by atoms with Gasteiger partial charge in [0.1, 0.15) is 6.23 Å². The van der Waals surface area contributed by atoms with Crippen molar-refractivity contribution in [3.63, 3.8) is 0 Å². The van der Waals surface area contributed by atoms with E-state index in [-0.39, 0.29) is 11.8 Å². The zero-order valence-corrected chi connectivity index (χ0v) is 13.4. The molecular weight excluding hydrogens is 290 g/mol. The number of fused-ring (bicyclic) bond motifs is 1. The highest BCUT2D eigenvalue weighted by molar-refractivity contribution is 5.90. The number of carbonyl (C=O) groups is 1. The molecule has 1 amide bonds. The summed E-state index contributed by atoms with van der Waals surface area (Å²) in [5.41, 5.74) is 9.60. The third-order valence-electron chi connectivity index (χ3n) is 4.76. The topological polar surface area (TPSA) is 82.3 Å². The van der Waals surface area contributed by atoms with Crippen LogP contribution in [-0.4, -0.2) is 34.0 Å². The molecule has 23 heavy (non-hydrogen) atoms. The Balaban J connectivity index is 2.03. The van der Waals surface area contributed by atoms with Gasteiger partial charge in [0.05, 0.1) is 5.52 Å². The Hall–Kier alpha value is -2.11. The van der Waals surface area contributed by atoms with Crippen molar-refractivity contribution in [2.75, 3.05) is 13.1 Å². The maximum Gasteiger partial charge on any atom is 0.245 e.